The number of carbonyl (C=O) groups excluding carboxylic acids is 2. The lowest BCUT2D eigenvalue weighted by atomic mass is 10.1. The Morgan fingerprint density at radius 3 is 2.19 bits per heavy atom. The van der Waals surface area contributed by atoms with Crippen LogP contribution in [0.4, 0.5) is 21.9 Å². The summed E-state index contributed by atoms with van der Waals surface area (Å²) < 4.78 is 5.51. The Morgan fingerprint density at radius 1 is 0.969 bits per heavy atom. The van der Waals surface area contributed by atoms with Crippen LogP contribution in [0, 0.1) is 0 Å². The maximum absolute atomic E-state index is 13.0. The fraction of sp³-hybridized carbons (Fsp3) is 0.417. The van der Waals surface area contributed by atoms with Crippen LogP contribution >= 0.6 is 0 Å². The lowest BCUT2D eigenvalue weighted by Gasteiger charge is -2.38. The van der Waals surface area contributed by atoms with Crippen molar-refractivity contribution in [3.63, 3.8) is 0 Å². The summed E-state index contributed by atoms with van der Waals surface area (Å²) in [6.07, 6.45) is 0. The zero-order valence-corrected chi connectivity index (χ0v) is 19.5. The van der Waals surface area contributed by atoms with Crippen LogP contribution in [-0.2, 0) is 0 Å². The van der Waals surface area contributed by atoms with Gasteiger partial charge in [0.15, 0.2) is 0 Å². The van der Waals surface area contributed by atoms with Crippen LogP contribution < -0.4 is 25.2 Å². The molecule has 32 heavy (non-hydrogen) atoms. The molecule has 2 aromatic carbocycles. The molecule has 0 unspecified atom stereocenters. The number of urea groups is 1. The van der Waals surface area contributed by atoms with Gasteiger partial charge in [-0.25, -0.2) is 4.79 Å². The van der Waals surface area contributed by atoms with Gasteiger partial charge in [0.2, 0.25) is 0 Å². The van der Waals surface area contributed by atoms with E-state index in [9.17, 15) is 9.59 Å². The number of carbonyl (C=O) groups is 2. The molecule has 1 aliphatic rings. The van der Waals surface area contributed by atoms with E-state index in [1.807, 2.05) is 44.2 Å². The Hall–Kier alpha value is -3.42. The molecule has 2 aromatic rings. The first-order valence-electron chi connectivity index (χ1n) is 10.9. The van der Waals surface area contributed by atoms with Crippen LogP contribution in [0.1, 0.15) is 24.2 Å². The summed E-state index contributed by atoms with van der Waals surface area (Å²) in [5, 5.41) is 5.80. The first-order valence-corrected chi connectivity index (χ1v) is 10.9. The summed E-state index contributed by atoms with van der Waals surface area (Å²) in [7, 11) is 5.04. The first-order chi connectivity index (χ1) is 15.3. The third kappa shape index (κ3) is 5.43. The predicted octanol–water partition coefficient (Wildman–Crippen LogP) is 3.25. The van der Waals surface area contributed by atoms with Gasteiger partial charge >= 0.3 is 6.03 Å². The van der Waals surface area contributed by atoms with Crippen LogP contribution in [0.2, 0.25) is 0 Å². The van der Waals surface area contributed by atoms with Gasteiger partial charge in [0.25, 0.3) is 5.91 Å². The summed E-state index contributed by atoms with van der Waals surface area (Å²) in [6.45, 7) is 7.02. The van der Waals surface area contributed by atoms with Gasteiger partial charge in [0.1, 0.15) is 5.75 Å². The smallest absolute Gasteiger partial charge is 0.321 e. The highest BCUT2D eigenvalue weighted by Gasteiger charge is 2.24. The second kappa shape index (κ2) is 10.3. The predicted molar refractivity (Wildman–Crippen MR) is 129 cm³/mol. The maximum Gasteiger partial charge on any atom is 0.321 e. The van der Waals surface area contributed by atoms with E-state index < -0.39 is 0 Å². The molecular weight excluding hydrogens is 406 g/mol. The molecule has 3 rings (SSSR count). The first kappa shape index (κ1) is 23.2. The van der Waals surface area contributed by atoms with Gasteiger partial charge in [-0.3, -0.25) is 4.79 Å². The molecule has 3 amide bonds. The van der Waals surface area contributed by atoms with Gasteiger partial charge in [0.05, 0.1) is 18.4 Å². The van der Waals surface area contributed by atoms with Crippen LogP contribution in [0.15, 0.2) is 42.5 Å². The van der Waals surface area contributed by atoms with Gasteiger partial charge in [-0.2, -0.15) is 0 Å². The molecule has 0 radical (unpaired) electrons. The van der Waals surface area contributed by atoms with E-state index in [0.29, 0.717) is 11.3 Å². The van der Waals surface area contributed by atoms with E-state index in [2.05, 4.69) is 26.5 Å². The fourth-order valence-electron chi connectivity index (χ4n) is 3.73. The van der Waals surface area contributed by atoms with Gasteiger partial charge in [-0.1, -0.05) is 12.1 Å². The average molecular weight is 440 g/mol. The molecule has 172 valence electrons. The molecule has 0 saturated carbocycles. The molecule has 0 bridgehead atoms. The van der Waals surface area contributed by atoms with Gasteiger partial charge in [-0.05, 0) is 44.2 Å². The van der Waals surface area contributed by atoms with Crippen LogP contribution in [0.5, 0.6) is 5.75 Å². The highest BCUT2D eigenvalue weighted by atomic mass is 16.5. The van der Waals surface area contributed by atoms with Crippen molar-refractivity contribution >= 4 is 29.0 Å². The number of para-hydroxylation sites is 2. The van der Waals surface area contributed by atoms with Crippen molar-refractivity contribution < 1.29 is 14.3 Å². The number of ether oxygens (including phenoxy) is 1. The summed E-state index contributed by atoms with van der Waals surface area (Å²) in [5.74, 6) is 0.710. The monoisotopic (exact) mass is 439 g/mol. The summed E-state index contributed by atoms with van der Waals surface area (Å²) >= 11 is 0. The van der Waals surface area contributed by atoms with Crippen molar-refractivity contribution in [3.8, 4) is 5.75 Å². The van der Waals surface area contributed by atoms with Crippen LogP contribution in [-0.4, -0.2) is 70.3 Å². The Morgan fingerprint density at radius 2 is 1.59 bits per heavy atom. The molecule has 1 saturated heterocycles. The Kier molecular flexibility index (Phi) is 7.45. The van der Waals surface area contributed by atoms with Gasteiger partial charge < -0.3 is 30.1 Å². The Balaban J connectivity index is 1.82. The molecule has 8 nitrogen and oxygen atoms in total. The number of nitrogens with zero attached hydrogens (tertiary/aromatic N) is 3. The van der Waals surface area contributed by atoms with E-state index in [1.54, 1.807) is 27.3 Å². The number of anilines is 3. The maximum atomic E-state index is 13.0. The van der Waals surface area contributed by atoms with Crippen LogP contribution in [0.25, 0.3) is 0 Å². The van der Waals surface area contributed by atoms with Crippen molar-refractivity contribution in [1.82, 2.24) is 10.2 Å². The topological polar surface area (TPSA) is 77.2 Å². The minimum atomic E-state index is -0.238. The number of rotatable bonds is 6. The highest BCUT2D eigenvalue weighted by Crippen LogP contribution is 2.31. The quantitative estimate of drug-likeness (QED) is 0.723. The SMILES string of the molecule is COc1ccccc1N1CCN(c2ccc(NC(=O)N(C)C)cc2C(=O)NC(C)C)CC1. The Labute approximate surface area is 190 Å². The molecule has 0 aromatic heterocycles. The number of amides is 3. The van der Waals surface area contributed by atoms with E-state index >= 15 is 0 Å². The van der Waals surface area contributed by atoms with Crippen molar-refractivity contribution in [3.05, 3.63) is 48.0 Å². The lowest BCUT2D eigenvalue weighted by molar-refractivity contribution is 0.0943. The number of piperazine rings is 1. The van der Waals surface area contributed by atoms with Gasteiger partial charge in [-0.15, -0.1) is 0 Å². The summed E-state index contributed by atoms with van der Waals surface area (Å²) in [6, 6.07) is 13.3. The summed E-state index contributed by atoms with van der Waals surface area (Å²) in [4.78, 5) is 31.0. The third-order valence-corrected chi connectivity index (χ3v) is 5.36. The number of hydrogen-bond acceptors (Lipinski definition) is 5. The molecular formula is C24H33N5O3. The van der Waals surface area contributed by atoms with Crippen molar-refractivity contribution in [2.45, 2.75) is 19.9 Å². The zero-order valence-electron chi connectivity index (χ0n) is 19.5. The minimum absolute atomic E-state index is 0.0118. The molecule has 1 heterocycles. The van der Waals surface area contributed by atoms with E-state index in [1.165, 1.54) is 4.90 Å². The highest BCUT2D eigenvalue weighted by molar-refractivity contribution is 6.02. The third-order valence-electron chi connectivity index (χ3n) is 5.36. The molecule has 2 N–H and O–H groups in total. The van der Waals surface area contributed by atoms with Gasteiger partial charge in [0, 0.05) is 57.7 Å². The van der Waals surface area contributed by atoms with E-state index in [4.69, 9.17) is 4.74 Å². The number of methoxy groups -OCH3 is 1. The number of hydrogen-bond donors (Lipinski definition) is 2. The molecule has 0 aliphatic carbocycles. The number of benzene rings is 2. The second-order valence-corrected chi connectivity index (χ2v) is 8.33. The molecule has 0 spiro atoms. The minimum Gasteiger partial charge on any atom is -0.495 e. The van der Waals surface area contributed by atoms with Crippen molar-refractivity contribution in [2.75, 3.05) is 62.5 Å². The lowest BCUT2D eigenvalue weighted by Crippen LogP contribution is -2.47. The molecule has 0 atom stereocenters. The standard InChI is InChI=1S/C24H33N5O3/c1-17(2)25-23(30)19-16-18(26-24(31)27(3)4)10-11-20(19)28-12-14-29(15-13-28)21-8-6-7-9-22(21)32-5/h6-11,16-17H,12-15H2,1-5H3,(H,25,30)(H,26,31). The van der Waals surface area contributed by atoms with E-state index in [-0.39, 0.29) is 18.0 Å². The van der Waals surface area contributed by atoms with E-state index in [0.717, 1.165) is 43.3 Å². The molecule has 8 heteroatoms. The fourth-order valence-corrected chi connectivity index (χ4v) is 3.73. The molecule has 1 fully saturated rings. The molecule has 1 aliphatic heterocycles. The largest absolute Gasteiger partial charge is 0.495 e. The summed E-state index contributed by atoms with van der Waals surface area (Å²) in [5.41, 5.74) is 3.09. The van der Waals surface area contributed by atoms with Crippen LogP contribution in [0.3, 0.4) is 0 Å². The van der Waals surface area contributed by atoms with Crippen molar-refractivity contribution in [2.24, 2.45) is 0 Å². The number of nitrogens with one attached hydrogen (secondary N) is 2. The zero-order chi connectivity index (χ0) is 23.3. The average Bonchev–Trinajstić information content (AvgIpc) is 2.78. The van der Waals surface area contributed by atoms with Crippen molar-refractivity contribution in [1.29, 1.82) is 0 Å². The normalized spacial score (nSPS) is 13.7. The second-order valence-electron chi connectivity index (χ2n) is 8.33. The Bertz CT molecular complexity index is 952.